The second kappa shape index (κ2) is 8.47. The maximum absolute atomic E-state index is 12.9. The van der Waals surface area contributed by atoms with Crippen LogP contribution in [-0.2, 0) is 20.9 Å². The standard InChI is InChI=1S/C22H21ClN2O6/c1-29-16-9-7-13-18(19(16)30-2)22(28)31-21(13)25-15(8-10-17(25)26)20(27)24-11-12-5-3-4-6-14(12)23/h3-7,9,15,21H,8,10-11H2,1-2H3,(H,24,27)/t15-,21+/m0/s1. The number of benzene rings is 2. The highest BCUT2D eigenvalue weighted by Gasteiger charge is 2.47. The SMILES string of the molecule is COc1ccc2c(c1OC)C(=O)O[C@H]2N1C(=O)CC[C@H]1C(=O)NCc1ccccc1Cl. The topological polar surface area (TPSA) is 94.2 Å². The largest absolute Gasteiger partial charge is 0.493 e. The van der Waals surface area contributed by atoms with Gasteiger partial charge in [0.15, 0.2) is 11.5 Å². The summed E-state index contributed by atoms with van der Waals surface area (Å²) in [5.41, 5.74) is 1.42. The van der Waals surface area contributed by atoms with Crippen LogP contribution >= 0.6 is 11.6 Å². The fourth-order valence-corrected chi connectivity index (χ4v) is 4.19. The van der Waals surface area contributed by atoms with E-state index in [1.54, 1.807) is 24.3 Å². The molecule has 0 spiro atoms. The Morgan fingerprint density at radius 1 is 1.19 bits per heavy atom. The molecule has 2 heterocycles. The number of nitrogens with zero attached hydrogens (tertiary/aromatic N) is 1. The predicted molar refractivity (Wildman–Crippen MR) is 111 cm³/mol. The molecule has 0 bridgehead atoms. The van der Waals surface area contributed by atoms with Gasteiger partial charge in [0.1, 0.15) is 11.6 Å². The van der Waals surface area contributed by atoms with Crippen LogP contribution in [0.1, 0.15) is 40.6 Å². The van der Waals surface area contributed by atoms with E-state index in [-0.39, 0.29) is 36.1 Å². The number of hydrogen-bond acceptors (Lipinski definition) is 6. The summed E-state index contributed by atoms with van der Waals surface area (Å²) in [6.07, 6.45) is -0.501. The van der Waals surface area contributed by atoms with Crippen molar-refractivity contribution in [3.05, 3.63) is 58.1 Å². The summed E-state index contributed by atoms with van der Waals surface area (Å²) in [6, 6.07) is 9.71. The van der Waals surface area contributed by atoms with E-state index in [2.05, 4.69) is 5.32 Å². The molecule has 1 saturated heterocycles. The van der Waals surface area contributed by atoms with Crippen molar-refractivity contribution >= 4 is 29.4 Å². The number of esters is 1. The van der Waals surface area contributed by atoms with Crippen LogP contribution in [0.4, 0.5) is 0 Å². The normalized spacial score (nSPS) is 19.8. The van der Waals surface area contributed by atoms with Crippen LogP contribution in [0.25, 0.3) is 0 Å². The Kier molecular flexibility index (Phi) is 5.73. The third-order valence-electron chi connectivity index (χ3n) is 5.49. The lowest BCUT2D eigenvalue weighted by Gasteiger charge is -2.29. The third kappa shape index (κ3) is 3.67. The van der Waals surface area contributed by atoms with E-state index in [1.807, 2.05) is 12.1 Å². The molecule has 8 nitrogen and oxygen atoms in total. The van der Waals surface area contributed by atoms with Crippen molar-refractivity contribution in [1.82, 2.24) is 10.2 Å². The molecule has 2 aromatic rings. The van der Waals surface area contributed by atoms with E-state index in [9.17, 15) is 14.4 Å². The number of rotatable bonds is 6. The molecule has 1 fully saturated rings. The number of carbonyl (C=O) groups excluding carboxylic acids is 3. The van der Waals surface area contributed by atoms with Gasteiger partial charge in [-0.05, 0) is 30.2 Å². The van der Waals surface area contributed by atoms with Crippen molar-refractivity contribution in [2.24, 2.45) is 0 Å². The lowest BCUT2D eigenvalue weighted by atomic mass is 10.1. The Bertz CT molecular complexity index is 1060. The molecule has 9 heteroatoms. The molecule has 2 aromatic carbocycles. The Hall–Kier alpha value is -3.26. The zero-order valence-corrected chi connectivity index (χ0v) is 17.8. The molecule has 0 unspecified atom stereocenters. The Morgan fingerprint density at radius 2 is 1.97 bits per heavy atom. The highest BCUT2D eigenvalue weighted by atomic mass is 35.5. The minimum absolute atomic E-state index is 0.181. The summed E-state index contributed by atoms with van der Waals surface area (Å²) in [5, 5.41) is 3.37. The number of ether oxygens (including phenoxy) is 3. The van der Waals surface area contributed by atoms with Crippen LogP contribution in [0.3, 0.4) is 0 Å². The van der Waals surface area contributed by atoms with E-state index in [4.69, 9.17) is 25.8 Å². The van der Waals surface area contributed by atoms with Gasteiger partial charge in [0.05, 0.1) is 14.2 Å². The van der Waals surface area contributed by atoms with Crippen molar-refractivity contribution in [2.75, 3.05) is 14.2 Å². The number of methoxy groups -OCH3 is 2. The fraction of sp³-hybridized carbons (Fsp3) is 0.318. The van der Waals surface area contributed by atoms with Crippen molar-refractivity contribution < 1.29 is 28.6 Å². The minimum atomic E-state index is -1.01. The Morgan fingerprint density at radius 3 is 2.68 bits per heavy atom. The number of amides is 2. The summed E-state index contributed by atoms with van der Waals surface area (Å²) in [4.78, 5) is 39.5. The van der Waals surface area contributed by atoms with Gasteiger partial charge in [-0.25, -0.2) is 4.79 Å². The van der Waals surface area contributed by atoms with E-state index in [0.717, 1.165) is 5.56 Å². The molecule has 4 rings (SSSR count). The molecule has 0 aromatic heterocycles. The summed E-state index contributed by atoms with van der Waals surface area (Å²) in [5.74, 6) is -0.626. The third-order valence-corrected chi connectivity index (χ3v) is 5.86. The highest BCUT2D eigenvalue weighted by Crippen LogP contribution is 2.45. The van der Waals surface area contributed by atoms with Gasteiger partial charge in [-0.3, -0.25) is 14.5 Å². The molecule has 0 radical (unpaired) electrons. The first kappa shape index (κ1) is 21.0. The van der Waals surface area contributed by atoms with Gasteiger partial charge in [-0.2, -0.15) is 0 Å². The first-order valence-corrected chi connectivity index (χ1v) is 10.1. The van der Waals surface area contributed by atoms with Gasteiger partial charge in [-0.1, -0.05) is 29.8 Å². The monoisotopic (exact) mass is 444 g/mol. The maximum atomic E-state index is 12.9. The molecule has 2 aliphatic heterocycles. The maximum Gasteiger partial charge on any atom is 0.344 e. The smallest absolute Gasteiger partial charge is 0.344 e. The quantitative estimate of drug-likeness (QED) is 0.688. The molecule has 2 amide bonds. The van der Waals surface area contributed by atoms with Crippen LogP contribution in [0.2, 0.25) is 5.02 Å². The zero-order chi connectivity index (χ0) is 22.1. The molecule has 0 saturated carbocycles. The van der Waals surface area contributed by atoms with Crippen LogP contribution in [0.5, 0.6) is 11.5 Å². The summed E-state index contributed by atoms with van der Waals surface area (Å²) >= 11 is 6.15. The van der Waals surface area contributed by atoms with Crippen LogP contribution in [0, 0.1) is 0 Å². The number of cyclic esters (lactones) is 1. The Labute approximate surface area is 184 Å². The fourth-order valence-electron chi connectivity index (χ4n) is 3.98. The average molecular weight is 445 g/mol. The van der Waals surface area contributed by atoms with Crippen LogP contribution in [0.15, 0.2) is 36.4 Å². The lowest BCUT2D eigenvalue weighted by molar-refractivity contribution is -0.145. The van der Waals surface area contributed by atoms with E-state index < -0.39 is 18.2 Å². The average Bonchev–Trinajstić information content (AvgIpc) is 3.31. The summed E-state index contributed by atoms with van der Waals surface area (Å²) < 4.78 is 16.1. The predicted octanol–water partition coefficient (Wildman–Crippen LogP) is 2.83. The van der Waals surface area contributed by atoms with Crippen molar-refractivity contribution in [2.45, 2.75) is 31.7 Å². The van der Waals surface area contributed by atoms with Gasteiger partial charge in [0.2, 0.25) is 18.0 Å². The molecular formula is C22H21ClN2O6. The lowest BCUT2D eigenvalue weighted by Crippen LogP contribution is -2.46. The van der Waals surface area contributed by atoms with Gasteiger partial charge >= 0.3 is 5.97 Å². The zero-order valence-electron chi connectivity index (χ0n) is 17.0. The molecule has 2 atom stereocenters. The molecule has 162 valence electrons. The van der Waals surface area contributed by atoms with E-state index in [1.165, 1.54) is 19.1 Å². The molecule has 2 aliphatic rings. The highest BCUT2D eigenvalue weighted by molar-refractivity contribution is 6.31. The van der Waals surface area contributed by atoms with Gasteiger partial charge in [0, 0.05) is 23.6 Å². The second-order valence-corrected chi connectivity index (χ2v) is 7.59. The van der Waals surface area contributed by atoms with Gasteiger partial charge in [0.25, 0.3) is 0 Å². The summed E-state index contributed by atoms with van der Waals surface area (Å²) in [6.45, 7) is 0.225. The summed E-state index contributed by atoms with van der Waals surface area (Å²) in [7, 11) is 2.89. The molecular weight excluding hydrogens is 424 g/mol. The number of likely N-dealkylation sites (tertiary alicyclic amines) is 1. The second-order valence-electron chi connectivity index (χ2n) is 7.19. The van der Waals surface area contributed by atoms with Crippen molar-refractivity contribution in [1.29, 1.82) is 0 Å². The minimum Gasteiger partial charge on any atom is -0.493 e. The van der Waals surface area contributed by atoms with E-state index >= 15 is 0 Å². The Balaban J connectivity index is 1.59. The van der Waals surface area contributed by atoms with Gasteiger partial charge < -0.3 is 19.5 Å². The number of halogens is 1. The number of hydrogen-bond donors (Lipinski definition) is 1. The molecule has 31 heavy (non-hydrogen) atoms. The number of nitrogens with one attached hydrogen (secondary N) is 1. The van der Waals surface area contributed by atoms with Crippen LogP contribution < -0.4 is 14.8 Å². The van der Waals surface area contributed by atoms with Crippen LogP contribution in [-0.4, -0.2) is 42.9 Å². The van der Waals surface area contributed by atoms with Crippen molar-refractivity contribution in [3.63, 3.8) is 0 Å². The van der Waals surface area contributed by atoms with Crippen molar-refractivity contribution in [3.8, 4) is 11.5 Å². The molecule has 0 aliphatic carbocycles. The first-order valence-electron chi connectivity index (χ1n) is 9.74. The van der Waals surface area contributed by atoms with E-state index in [0.29, 0.717) is 22.8 Å². The number of carbonyl (C=O) groups is 3. The number of fused-ring (bicyclic) bond motifs is 1. The van der Waals surface area contributed by atoms with Gasteiger partial charge in [-0.15, -0.1) is 0 Å². The molecule has 1 N–H and O–H groups in total. The first-order chi connectivity index (χ1) is 15.0.